The van der Waals surface area contributed by atoms with Gasteiger partial charge >= 0.3 is 0 Å². The molecule has 0 aromatic carbocycles. The van der Waals surface area contributed by atoms with Gasteiger partial charge in [0.05, 0.1) is 24.1 Å². The van der Waals surface area contributed by atoms with E-state index in [0.29, 0.717) is 30.3 Å². The van der Waals surface area contributed by atoms with E-state index in [1.165, 1.54) is 6.20 Å². The number of aromatic nitrogens is 1. The van der Waals surface area contributed by atoms with E-state index in [4.69, 9.17) is 22.1 Å². The van der Waals surface area contributed by atoms with Crippen molar-refractivity contribution in [1.82, 2.24) is 9.88 Å². The van der Waals surface area contributed by atoms with Gasteiger partial charge in [0.25, 0.3) is 5.91 Å². The second-order valence-corrected chi connectivity index (χ2v) is 4.83. The van der Waals surface area contributed by atoms with Crippen LogP contribution in [0.3, 0.4) is 0 Å². The maximum Gasteiger partial charge on any atom is 0.257 e. The molecule has 1 fully saturated rings. The molecule has 1 amide bonds. The summed E-state index contributed by atoms with van der Waals surface area (Å²) in [6.45, 7) is 2.09. The van der Waals surface area contributed by atoms with E-state index in [1.54, 1.807) is 18.1 Å². The van der Waals surface area contributed by atoms with E-state index >= 15 is 0 Å². The number of nitrogens with zero attached hydrogens (tertiary/aromatic N) is 2. The third-order valence-corrected chi connectivity index (χ3v) is 3.37. The maximum absolute atomic E-state index is 12.3. The molecule has 1 unspecified atom stereocenters. The number of pyridine rings is 1. The minimum atomic E-state index is -0.113. The molecule has 0 aliphatic carbocycles. The lowest BCUT2D eigenvalue weighted by Crippen LogP contribution is -2.29. The van der Waals surface area contributed by atoms with Crippen LogP contribution in [0.5, 0.6) is 0 Å². The zero-order chi connectivity index (χ0) is 13.1. The standard InChI is InChI=1S/C12H16ClN3O2/c1-18-7-8-2-3-16(6-8)12(17)10-4-9(14)5-15-11(10)13/h4-5,8H,2-3,6-7,14H2,1H3. The van der Waals surface area contributed by atoms with Crippen LogP contribution in [0, 0.1) is 5.92 Å². The fraction of sp³-hybridized carbons (Fsp3) is 0.500. The van der Waals surface area contributed by atoms with Gasteiger partial charge in [-0.1, -0.05) is 11.6 Å². The number of hydrogen-bond donors (Lipinski definition) is 1. The third kappa shape index (κ3) is 2.73. The first-order valence-corrected chi connectivity index (χ1v) is 6.19. The number of nitrogen functional groups attached to an aromatic ring is 1. The normalized spacial score (nSPS) is 19.2. The molecular formula is C12H16ClN3O2. The van der Waals surface area contributed by atoms with Crippen LogP contribution in [0.4, 0.5) is 5.69 Å². The summed E-state index contributed by atoms with van der Waals surface area (Å²) < 4.78 is 5.11. The number of halogens is 1. The van der Waals surface area contributed by atoms with Gasteiger partial charge in [0.15, 0.2) is 0 Å². The number of likely N-dealkylation sites (tertiary alicyclic amines) is 1. The van der Waals surface area contributed by atoms with E-state index in [9.17, 15) is 4.79 Å². The molecule has 0 radical (unpaired) electrons. The Morgan fingerprint density at radius 1 is 1.72 bits per heavy atom. The van der Waals surface area contributed by atoms with Crippen LogP contribution in [0.15, 0.2) is 12.3 Å². The number of hydrogen-bond acceptors (Lipinski definition) is 4. The molecule has 1 aromatic rings. The molecule has 2 N–H and O–H groups in total. The summed E-state index contributed by atoms with van der Waals surface area (Å²) in [5.74, 6) is 0.283. The molecule has 1 aliphatic rings. The van der Waals surface area contributed by atoms with Crippen LogP contribution < -0.4 is 5.73 Å². The summed E-state index contributed by atoms with van der Waals surface area (Å²) >= 11 is 5.93. The van der Waals surface area contributed by atoms with Crippen LogP contribution in [-0.2, 0) is 4.74 Å². The Balaban J connectivity index is 2.10. The molecule has 98 valence electrons. The highest BCUT2D eigenvalue weighted by atomic mass is 35.5. The number of amides is 1. The lowest BCUT2D eigenvalue weighted by molar-refractivity contribution is 0.0775. The fourth-order valence-electron chi connectivity index (χ4n) is 2.17. The molecule has 6 heteroatoms. The van der Waals surface area contributed by atoms with Gasteiger partial charge in [0, 0.05) is 26.1 Å². The van der Waals surface area contributed by atoms with Gasteiger partial charge < -0.3 is 15.4 Å². The Bertz CT molecular complexity index is 453. The van der Waals surface area contributed by atoms with Gasteiger partial charge in [-0.3, -0.25) is 4.79 Å². The highest BCUT2D eigenvalue weighted by molar-refractivity contribution is 6.32. The topological polar surface area (TPSA) is 68.5 Å². The van der Waals surface area contributed by atoms with Gasteiger partial charge in [-0.05, 0) is 12.5 Å². The summed E-state index contributed by atoms with van der Waals surface area (Å²) in [4.78, 5) is 17.9. The summed E-state index contributed by atoms with van der Waals surface area (Å²) in [6, 6.07) is 1.57. The first kappa shape index (κ1) is 13.1. The van der Waals surface area contributed by atoms with Crippen LogP contribution in [0.1, 0.15) is 16.8 Å². The average molecular weight is 270 g/mol. The fourth-order valence-corrected chi connectivity index (χ4v) is 2.36. The Kier molecular flexibility index (Phi) is 4.04. The minimum absolute atomic E-state index is 0.113. The second kappa shape index (κ2) is 5.54. The zero-order valence-corrected chi connectivity index (χ0v) is 11.0. The maximum atomic E-state index is 12.3. The van der Waals surface area contributed by atoms with E-state index < -0.39 is 0 Å². The van der Waals surface area contributed by atoms with Gasteiger partial charge in [0.1, 0.15) is 5.15 Å². The minimum Gasteiger partial charge on any atom is -0.397 e. The van der Waals surface area contributed by atoms with E-state index in [1.807, 2.05) is 0 Å². The predicted molar refractivity (Wildman–Crippen MR) is 69.5 cm³/mol. The number of anilines is 1. The molecule has 1 saturated heterocycles. The molecular weight excluding hydrogens is 254 g/mol. The first-order chi connectivity index (χ1) is 8.61. The monoisotopic (exact) mass is 269 g/mol. The number of rotatable bonds is 3. The molecule has 0 spiro atoms. The Morgan fingerprint density at radius 3 is 3.22 bits per heavy atom. The van der Waals surface area contributed by atoms with Crippen LogP contribution in [0.2, 0.25) is 5.15 Å². The quantitative estimate of drug-likeness (QED) is 0.843. The summed E-state index contributed by atoms with van der Waals surface area (Å²) in [7, 11) is 1.67. The average Bonchev–Trinajstić information content (AvgIpc) is 2.80. The SMILES string of the molecule is COCC1CCN(C(=O)c2cc(N)cnc2Cl)C1. The largest absolute Gasteiger partial charge is 0.397 e. The summed E-state index contributed by atoms with van der Waals surface area (Å²) in [6.07, 6.45) is 2.39. The van der Waals surface area contributed by atoms with Crippen molar-refractivity contribution in [2.75, 3.05) is 32.5 Å². The molecule has 0 bridgehead atoms. The van der Waals surface area contributed by atoms with Crippen LogP contribution in [0.25, 0.3) is 0 Å². The van der Waals surface area contributed by atoms with E-state index in [2.05, 4.69) is 4.98 Å². The van der Waals surface area contributed by atoms with Gasteiger partial charge in [-0.25, -0.2) is 4.98 Å². The molecule has 1 atom stereocenters. The lowest BCUT2D eigenvalue weighted by atomic mass is 10.1. The Hall–Kier alpha value is -1.33. The van der Waals surface area contributed by atoms with Gasteiger partial charge in [-0.15, -0.1) is 0 Å². The lowest BCUT2D eigenvalue weighted by Gasteiger charge is -2.17. The van der Waals surface area contributed by atoms with Crippen molar-refractivity contribution in [1.29, 1.82) is 0 Å². The molecule has 2 heterocycles. The Labute approximate surface area is 111 Å². The summed E-state index contributed by atoms with van der Waals surface area (Å²) in [5.41, 5.74) is 6.44. The predicted octanol–water partition coefficient (Wildman–Crippen LogP) is 1.43. The molecule has 1 aliphatic heterocycles. The highest BCUT2D eigenvalue weighted by Gasteiger charge is 2.28. The first-order valence-electron chi connectivity index (χ1n) is 5.81. The molecule has 18 heavy (non-hydrogen) atoms. The van der Waals surface area contributed by atoms with Crippen LogP contribution in [-0.4, -0.2) is 42.6 Å². The number of carbonyl (C=O) groups excluding carboxylic acids is 1. The molecule has 2 rings (SSSR count). The van der Waals surface area contributed by atoms with Crippen molar-refractivity contribution in [3.05, 3.63) is 23.0 Å². The van der Waals surface area contributed by atoms with Crippen molar-refractivity contribution in [3.63, 3.8) is 0 Å². The van der Waals surface area contributed by atoms with Gasteiger partial charge in [0.2, 0.25) is 0 Å². The van der Waals surface area contributed by atoms with Crippen LogP contribution >= 0.6 is 11.6 Å². The second-order valence-electron chi connectivity index (χ2n) is 4.47. The molecule has 5 nitrogen and oxygen atoms in total. The number of ether oxygens (including phenoxy) is 1. The van der Waals surface area contributed by atoms with Crippen molar-refractivity contribution in [2.24, 2.45) is 5.92 Å². The number of methoxy groups -OCH3 is 1. The van der Waals surface area contributed by atoms with Gasteiger partial charge in [-0.2, -0.15) is 0 Å². The van der Waals surface area contributed by atoms with E-state index in [0.717, 1.165) is 13.0 Å². The van der Waals surface area contributed by atoms with Crippen molar-refractivity contribution in [2.45, 2.75) is 6.42 Å². The molecule has 0 saturated carbocycles. The smallest absolute Gasteiger partial charge is 0.257 e. The molecule has 1 aromatic heterocycles. The highest BCUT2D eigenvalue weighted by Crippen LogP contribution is 2.22. The van der Waals surface area contributed by atoms with Crippen molar-refractivity contribution >= 4 is 23.2 Å². The van der Waals surface area contributed by atoms with Crippen molar-refractivity contribution in [3.8, 4) is 0 Å². The van der Waals surface area contributed by atoms with E-state index in [-0.39, 0.29) is 11.1 Å². The number of nitrogens with two attached hydrogens (primary N) is 1. The zero-order valence-electron chi connectivity index (χ0n) is 10.2. The number of carbonyl (C=O) groups is 1. The Morgan fingerprint density at radius 2 is 2.50 bits per heavy atom. The third-order valence-electron chi connectivity index (χ3n) is 3.07. The van der Waals surface area contributed by atoms with Crippen molar-refractivity contribution < 1.29 is 9.53 Å². The summed E-state index contributed by atoms with van der Waals surface area (Å²) in [5, 5.41) is 0.199.